The Morgan fingerprint density at radius 2 is 1.27 bits per heavy atom. The Hall–Kier alpha value is -4.78. The normalized spacial score (nSPS) is 15.7. The molecular formula is C38H43NO15S. The number of aliphatic hydroxyl groups is 1. The molecule has 2 atom stereocenters. The Morgan fingerprint density at radius 3 is 1.80 bits per heavy atom. The van der Waals surface area contributed by atoms with Crippen LogP contribution in [0.2, 0.25) is 0 Å². The number of carbonyl (C=O) groups excluding carboxylic acids is 1. The first-order valence-electron chi connectivity index (χ1n) is 17.5. The lowest BCUT2D eigenvalue weighted by atomic mass is 9.79. The number of Topliss-reactive ketones (excluding diaryl/α,β-unsaturated/α-hetero) is 1. The van der Waals surface area contributed by atoms with E-state index in [0.29, 0.717) is 40.3 Å². The van der Waals surface area contributed by atoms with Crippen LogP contribution >= 0.6 is 0 Å². The molecule has 0 amide bonds. The summed E-state index contributed by atoms with van der Waals surface area (Å²) in [5.74, 6) is -3.49. The van der Waals surface area contributed by atoms with Crippen LogP contribution in [0.25, 0.3) is 43.1 Å². The summed E-state index contributed by atoms with van der Waals surface area (Å²) < 4.78 is 64.4. The largest absolute Gasteiger partial charge is 0.505 e. The van der Waals surface area contributed by atoms with Crippen LogP contribution in [0.4, 0.5) is 5.69 Å². The number of carbonyl (C=O) groups is 1. The fourth-order valence-electron chi connectivity index (χ4n) is 7.88. The van der Waals surface area contributed by atoms with Crippen molar-refractivity contribution in [1.29, 1.82) is 0 Å². The standard InChI is InChI=1S/C38H43NO15S/c1-18-14-20-26-31-27(36(44)35(20)39-17-55(46,47)54-13-12-53-11-10-52-9-8-51-7-6-40)21(42)15-23(48-3)29(31)30-24(49-4)16-22(43)28-33(30)32(26)34(25(18)19(2)41)38(50-5)37(28)45/h15-16,18,25,39-40,44-45H,6-14,17H2,1-5H3. The number of benzene rings is 5. The summed E-state index contributed by atoms with van der Waals surface area (Å²) in [4.78, 5) is 41.3. The van der Waals surface area contributed by atoms with Gasteiger partial charge < -0.3 is 49.1 Å². The molecule has 55 heavy (non-hydrogen) atoms. The molecule has 16 nitrogen and oxygen atoms in total. The molecule has 0 saturated carbocycles. The maximum atomic E-state index is 13.9. The van der Waals surface area contributed by atoms with E-state index in [1.54, 1.807) is 6.92 Å². The molecule has 2 unspecified atom stereocenters. The molecule has 0 spiro atoms. The zero-order valence-electron chi connectivity index (χ0n) is 31.0. The highest BCUT2D eigenvalue weighted by atomic mass is 32.2. The first-order chi connectivity index (χ1) is 26.3. The molecule has 17 heteroatoms. The molecular weight excluding hydrogens is 742 g/mol. The fraction of sp³-hybridized carbons (Fsp3) is 0.447. The highest BCUT2D eigenvalue weighted by molar-refractivity contribution is 7.86. The maximum Gasteiger partial charge on any atom is 0.285 e. The van der Waals surface area contributed by atoms with Crippen LogP contribution in [0.5, 0.6) is 28.7 Å². The van der Waals surface area contributed by atoms with E-state index in [2.05, 4.69) is 5.32 Å². The molecule has 1 aliphatic rings. The van der Waals surface area contributed by atoms with E-state index in [1.807, 2.05) is 0 Å². The van der Waals surface area contributed by atoms with Gasteiger partial charge >= 0.3 is 0 Å². The molecule has 0 radical (unpaired) electrons. The summed E-state index contributed by atoms with van der Waals surface area (Å²) in [6.07, 6.45) is 0.0737. The lowest BCUT2D eigenvalue weighted by Crippen LogP contribution is -2.22. The van der Waals surface area contributed by atoms with Gasteiger partial charge in [-0.25, -0.2) is 0 Å². The van der Waals surface area contributed by atoms with Crippen molar-refractivity contribution in [3.05, 3.63) is 43.7 Å². The number of hydrogen-bond acceptors (Lipinski definition) is 16. The zero-order valence-corrected chi connectivity index (χ0v) is 31.8. The smallest absolute Gasteiger partial charge is 0.285 e. The number of phenols is 2. The van der Waals surface area contributed by atoms with E-state index < -0.39 is 50.2 Å². The predicted molar refractivity (Wildman–Crippen MR) is 204 cm³/mol. The van der Waals surface area contributed by atoms with Crippen molar-refractivity contribution in [2.24, 2.45) is 5.92 Å². The third-order valence-corrected chi connectivity index (χ3v) is 11.0. The third kappa shape index (κ3) is 7.00. The summed E-state index contributed by atoms with van der Waals surface area (Å²) in [7, 11) is -0.275. The van der Waals surface area contributed by atoms with E-state index in [0.717, 1.165) is 0 Å². The van der Waals surface area contributed by atoms with Crippen LogP contribution in [-0.4, -0.2) is 110 Å². The molecule has 0 bridgehead atoms. The number of anilines is 1. The minimum atomic E-state index is -4.30. The number of aromatic hydroxyl groups is 2. The number of aliphatic hydroxyl groups excluding tert-OH is 1. The number of phenolic OH excluding ortho intramolecular Hbond substituents is 2. The number of ether oxygens (including phenoxy) is 6. The van der Waals surface area contributed by atoms with Crippen molar-refractivity contribution in [1.82, 2.24) is 0 Å². The summed E-state index contributed by atoms with van der Waals surface area (Å²) in [5.41, 5.74) is -0.715. The van der Waals surface area contributed by atoms with E-state index in [9.17, 15) is 33.0 Å². The molecule has 0 aliphatic heterocycles. The van der Waals surface area contributed by atoms with Crippen LogP contribution in [0, 0.1) is 5.92 Å². The molecule has 4 N–H and O–H groups in total. The first kappa shape index (κ1) is 39.9. The average Bonchev–Trinajstić information content (AvgIpc) is 3.27. The van der Waals surface area contributed by atoms with E-state index in [-0.39, 0.29) is 102 Å². The van der Waals surface area contributed by atoms with Gasteiger partial charge in [-0.15, -0.1) is 0 Å². The van der Waals surface area contributed by atoms with Crippen molar-refractivity contribution in [3.8, 4) is 28.7 Å². The van der Waals surface area contributed by atoms with Crippen LogP contribution in [0.15, 0.2) is 21.7 Å². The van der Waals surface area contributed by atoms with Gasteiger partial charge in [-0.2, -0.15) is 8.42 Å². The molecule has 296 valence electrons. The number of hydrogen-bond donors (Lipinski definition) is 4. The lowest BCUT2D eigenvalue weighted by Gasteiger charge is -2.25. The number of methoxy groups -OCH3 is 3. The summed E-state index contributed by atoms with van der Waals surface area (Å²) >= 11 is 0. The van der Waals surface area contributed by atoms with Crippen molar-refractivity contribution in [2.75, 3.05) is 85.4 Å². The van der Waals surface area contributed by atoms with Gasteiger partial charge in [0, 0.05) is 45.2 Å². The van der Waals surface area contributed by atoms with Crippen molar-refractivity contribution >= 4 is 64.7 Å². The van der Waals surface area contributed by atoms with Crippen molar-refractivity contribution in [2.45, 2.75) is 26.2 Å². The Bertz CT molecular complexity index is 2490. The number of ketones is 1. The quantitative estimate of drug-likeness (QED) is 0.0311. The lowest BCUT2D eigenvalue weighted by molar-refractivity contribution is -0.119. The predicted octanol–water partition coefficient (Wildman–Crippen LogP) is 2.96. The van der Waals surface area contributed by atoms with Gasteiger partial charge in [0.15, 0.2) is 28.1 Å². The minimum absolute atomic E-state index is 0.0691. The van der Waals surface area contributed by atoms with E-state index in [4.69, 9.17) is 37.7 Å². The third-order valence-electron chi connectivity index (χ3n) is 9.94. The Kier molecular flexibility index (Phi) is 11.7. The molecule has 5 aromatic carbocycles. The number of nitrogens with one attached hydrogen (secondary N) is 1. The highest BCUT2D eigenvalue weighted by Gasteiger charge is 2.40. The molecule has 0 saturated heterocycles. The summed E-state index contributed by atoms with van der Waals surface area (Å²) in [6.45, 7) is 3.94. The second kappa shape index (κ2) is 16.1. The van der Waals surface area contributed by atoms with Crippen molar-refractivity contribution < 1.29 is 61.1 Å². The van der Waals surface area contributed by atoms with Crippen LogP contribution in [-0.2, 0) is 39.7 Å². The Balaban J connectivity index is 1.50. The molecule has 6 rings (SSSR count). The molecule has 0 heterocycles. The van der Waals surface area contributed by atoms with Crippen LogP contribution < -0.4 is 30.4 Å². The topological polar surface area (TPSA) is 223 Å². The van der Waals surface area contributed by atoms with Gasteiger partial charge in [0.2, 0.25) is 0 Å². The molecule has 1 aliphatic carbocycles. The number of fused-ring (bicyclic) bond motifs is 1. The number of rotatable bonds is 19. The van der Waals surface area contributed by atoms with E-state index in [1.165, 1.54) is 40.4 Å². The molecule has 0 fully saturated rings. The first-order valence-corrected chi connectivity index (χ1v) is 19.1. The highest BCUT2D eigenvalue weighted by Crippen LogP contribution is 2.58. The monoisotopic (exact) mass is 785 g/mol. The SMILES string of the molecule is COc1c(O)c2c(=O)cc(OC)c3c4c(OC)cc(=O)c5c(O)c(NCS(=O)(=O)OCCOCCOCCOCCO)c6c(c(c1C(C(C)=O)C(C)C6)c23)c54. The van der Waals surface area contributed by atoms with Crippen molar-refractivity contribution in [3.63, 3.8) is 0 Å². The van der Waals surface area contributed by atoms with Gasteiger partial charge in [0.1, 0.15) is 23.2 Å². The van der Waals surface area contributed by atoms with Crippen LogP contribution in [0.1, 0.15) is 30.9 Å². The summed E-state index contributed by atoms with van der Waals surface area (Å²) in [6, 6.07) is 2.37. The van der Waals surface area contributed by atoms with Crippen LogP contribution in [0.3, 0.4) is 0 Å². The summed E-state index contributed by atoms with van der Waals surface area (Å²) in [5, 5.41) is 36.6. The zero-order chi connectivity index (χ0) is 39.8. The van der Waals surface area contributed by atoms with E-state index >= 15 is 0 Å². The van der Waals surface area contributed by atoms with Gasteiger partial charge in [0.05, 0.1) is 90.6 Å². The van der Waals surface area contributed by atoms with Gasteiger partial charge in [-0.05, 0) is 35.6 Å². The Morgan fingerprint density at radius 1 is 0.745 bits per heavy atom. The van der Waals surface area contributed by atoms with Gasteiger partial charge in [-0.3, -0.25) is 18.6 Å². The minimum Gasteiger partial charge on any atom is -0.505 e. The maximum absolute atomic E-state index is 13.9. The second-order valence-electron chi connectivity index (χ2n) is 13.2. The second-order valence-corrected chi connectivity index (χ2v) is 14.8. The molecule has 0 aromatic heterocycles. The molecule has 5 aromatic rings. The fourth-order valence-corrected chi connectivity index (χ4v) is 8.61. The van der Waals surface area contributed by atoms with Gasteiger partial charge in [-0.1, -0.05) is 6.92 Å². The van der Waals surface area contributed by atoms with Gasteiger partial charge in [0.25, 0.3) is 10.1 Å². The average molecular weight is 786 g/mol. The Labute approximate surface area is 315 Å².